The van der Waals surface area contributed by atoms with Gasteiger partial charge in [0.2, 0.25) is 11.8 Å². The lowest BCUT2D eigenvalue weighted by atomic mass is 9.83. The van der Waals surface area contributed by atoms with Crippen LogP contribution in [-0.4, -0.2) is 31.1 Å². The summed E-state index contributed by atoms with van der Waals surface area (Å²) < 4.78 is 43.6. The van der Waals surface area contributed by atoms with Gasteiger partial charge in [-0.2, -0.15) is 13.2 Å². The SMILES string of the molecule is CCOCC(=O)N[C@H]1[C@@H]2CC[C@@H](C2)[C@@H]1C(=O)Nc1ccc(C(F)(F)F)cc1C. The molecular formula is C20H25F3N2O3. The van der Waals surface area contributed by atoms with Crippen molar-refractivity contribution in [2.45, 2.75) is 45.3 Å². The number of benzene rings is 1. The van der Waals surface area contributed by atoms with Gasteiger partial charge in [-0.3, -0.25) is 9.59 Å². The molecule has 1 aromatic rings. The van der Waals surface area contributed by atoms with Crippen molar-refractivity contribution in [3.8, 4) is 0 Å². The minimum atomic E-state index is -4.42. The predicted molar refractivity (Wildman–Crippen MR) is 97.6 cm³/mol. The van der Waals surface area contributed by atoms with Crippen LogP contribution in [0.4, 0.5) is 18.9 Å². The molecule has 2 bridgehead atoms. The van der Waals surface area contributed by atoms with E-state index in [0.29, 0.717) is 17.9 Å². The second-order valence-electron chi connectivity index (χ2n) is 7.61. The molecule has 8 heteroatoms. The smallest absolute Gasteiger partial charge is 0.372 e. The zero-order valence-corrected chi connectivity index (χ0v) is 15.9. The summed E-state index contributed by atoms with van der Waals surface area (Å²) in [6.45, 7) is 3.72. The Morgan fingerprint density at radius 2 is 1.93 bits per heavy atom. The van der Waals surface area contributed by atoms with Crippen molar-refractivity contribution in [1.29, 1.82) is 0 Å². The van der Waals surface area contributed by atoms with Gasteiger partial charge in [0.25, 0.3) is 0 Å². The van der Waals surface area contributed by atoms with Crippen LogP contribution in [0.2, 0.25) is 0 Å². The molecule has 2 saturated carbocycles. The predicted octanol–water partition coefficient (Wildman–Crippen LogP) is 3.52. The maximum absolute atomic E-state index is 12.9. The molecule has 3 rings (SSSR count). The van der Waals surface area contributed by atoms with Gasteiger partial charge in [0.1, 0.15) is 6.61 Å². The number of ether oxygens (including phenoxy) is 1. The largest absolute Gasteiger partial charge is 0.416 e. The summed E-state index contributed by atoms with van der Waals surface area (Å²) in [6, 6.07) is 3.01. The number of aryl methyl sites for hydroxylation is 1. The van der Waals surface area contributed by atoms with E-state index in [2.05, 4.69) is 10.6 Å². The summed E-state index contributed by atoms with van der Waals surface area (Å²) in [5.74, 6) is -0.456. The number of carbonyl (C=O) groups excluding carboxylic acids is 2. The highest BCUT2D eigenvalue weighted by Gasteiger charge is 2.51. The molecule has 0 spiro atoms. The molecule has 0 saturated heterocycles. The molecule has 2 aliphatic rings. The number of hydrogen-bond acceptors (Lipinski definition) is 3. The zero-order chi connectivity index (χ0) is 20.5. The van der Waals surface area contributed by atoms with Crippen molar-refractivity contribution in [3.63, 3.8) is 0 Å². The van der Waals surface area contributed by atoms with Crippen molar-refractivity contribution in [3.05, 3.63) is 29.3 Å². The molecule has 0 radical (unpaired) electrons. The number of hydrogen-bond donors (Lipinski definition) is 2. The minimum absolute atomic E-state index is 0.0449. The summed E-state index contributed by atoms with van der Waals surface area (Å²) in [5.41, 5.74) is -0.0348. The van der Waals surface area contributed by atoms with E-state index in [1.807, 2.05) is 0 Å². The first-order valence-corrected chi connectivity index (χ1v) is 9.56. The van der Waals surface area contributed by atoms with Crippen LogP contribution in [0.5, 0.6) is 0 Å². The Morgan fingerprint density at radius 3 is 2.57 bits per heavy atom. The third-order valence-corrected chi connectivity index (χ3v) is 5.80. The first-order chi connectivity index (χ1) is 13.2. The topological polar surface area (TPSA) is 67.4 Å². The fourth-order valence-electron chi connectivity index (χ4n) is 4.49. The highest BCUT2D eigenvalue weighted by molar-refractivity contribution is 5.94. The molecule has 2 aliphatic carbocycles. The van der Waals surface area contributed by atoms with E-state index >= 15 is 0 Å². The van der Waals surface area contributed by atoms with Crippen LogP contribution < -0.4 is 10.6 Å². The molecule has 5 nitrogen and oxygen atoms in total. The van der Waals surface area contributed by atoms with Gasteiger partial charge < -0.3 is 15.4 Å². The average molecular weight is 398 g/mol. The first-order valence-electron chi connectivity index (χ1n) is 9.56. The highest BCUT2D eigenvalue weighted by Crippen LogP contribution is 2.49. The Labute approximate surface area is 162 Å². The van der Waals surface area contributed by atoms with Gasteiger partial charge in [-0.05, 0) is 68.7 Å². The lowest BCUT2D eigenvalue weighted by molar-refractivity contribution is -0.137. The summed E-state index contributed by atoms with van der Waals surface area (Å²) in [7, 11) is 0. The van der Waals surface area contributed by atoms with Gasteiger partial charge in [-0.1, -0.05) is 0 Å². The van der Waals surface area contributed by atoms with Gasteiger partial charge in [0, 0.05) is 18.3 Å². The van der Waals surface area contributed by atoms with Gasteiger partial charge in [-0.15, -0.1) is 0 Å². The van der Waals surface area contributed by atoms with Gasteiger partial charge in [0.05, 0.1) is 11.5 Å². The zero-order valence-electron chi connectivity index (χ0n) is 15.9. The highest BCUT2D eigenvalue weighted by atomic mass is 19.4. The summed E-state index contributed by atoms with van der Waals surface area (Å²) in [5, 5.41) is 5.71. The Morgan fingerprint density at radius 1 is 1.21 bits per heavy atom. The third kappa shape index (κ3) is 4.32. The Kier molecular flexibility index (Phi) is 5.98. The second-order valence-corrected chi connectivity index (χ2v) is 7.61. The van der Waals surface area contributed by atoms with E-state index < -0.39 is 11.7 Å². The number of rotatable bonds is 6. The fraction of sp³-hybridized carbons (Fsp3) is 0.600. The van der Waals surface area contributed by atoms with Gasteiger partial charge in [0.15, 0.2) is 0 Å². The fourth-order valence-corrected chi connectivity index (χ4v) is 4.49. The van der Waals surface area contributed by atoms with E-state index in [-0.39, 0.29) is 42.2 Å². The summed E-state index contributed by atoms with van der Waals surface area (Å²) >= 11 is 0. The molecule has 28 heavy (non-hydrogen) atoms. The average Bonchev–Trinajstić information content (AvgIpc) is 3.22. The monoisotopic (exact) mass is 398 g/mol. The maximum atomic E-state index is 12.9. The van der Waals surface area contributed by atoms with Crippen LogP contribution >= 0.6 is 0 Å². The number of alkyl halides is 3. The molecule has 0 heterocycles. The van der Waals surface area contributed by atoms with Gasteiger partial charge >= 0.3 is 6.18 Å². The van der Waals surface area contributed by atoms with Crippen molar-refractivity contribution >= 4 is 17.5 Å². The Balaban J connectivity index is 1.71. The van der Waals surface area contributed by atoms with Crippen LogP contribution in [0.15, 0.2) is 18.2 Å². The minimum Gasteiger partial charge on any atom is -0.372 e. The molecule has 1 aromatic carbocycles. The number of anilines is 1. The van der Waals surface area contributed by atoms with Crippen LogP contribution in [0.3, 0.4) is 0 Å². The molecule has 2 N–H and O–H groups in total. The quantitative estimate of drug-likeness (QED) is 0.771. The normalized spacial score (nSPS) is 26.3. The van der Waals surface area contributed by atoms with E-state index in [1.165, 1.54) is 13.0 Å². The number of nitrogens with one attached hydrogen (secondary N) is 2. The third-order valence-electron chi connectivity index (χ3n) is 5.80. The first kappa shape index (κ1) is 20.6. The summed E-state index contributed by atoms with van der Waals surface area (Å²) in [4.78, 5) is 25.0. The van der Waals surface area contributed by atoms with E-state index in [0.717, 1.165) is 31.4 Å². The maximum Gasteiger partial charge on any atom is 0.416 e. The van der Waals surface area contributed by atoms with Crippen LogP contribution in [0.1, 0.15) is 37.3 Å². The number of carbonyl (C=O) groups is 2. The number of amides is 2. The van der Waals surface area contributed by atoms with Crippen molar-refractivity contribution in [2.24, 2.45) is 17.8 Å². The summed E-state index contributed by atoms with van der Waals surface area (Å²) in [6.07, 6.45) is -1.66. The lowest BCUT2D eigenvalue weighted by Gasteiger charge is -2.31. The Hall–Kier alpha value is -2.09. The molecule has 2 fully saturated rings. The van der Waals surface area contributed by atoms with E-state index in [1.54, 1.807) is 6.92 Å². The molecular weight excluding hydrogens is 373 g/mol. The van der Waals surface area contributed by atoms with E-state index in [4.69, 9.17) is 4.74 Å². The molecule has 0 aliphatic heterocycles. The number of halogens is 3. The van der Waals surface area contributed by atoms with Crippen LogP contribution in [0, 0.1) is 24.7 Å². The van der Waals surface area contributed by atoms with Crippen LogP contribution in [0.25, 0.3) is 0 Å². The molecule has 2 amide bonds. The second kappa shape index (κ2) is 8.11. The standard InChI is InChI=1S/C20H25F3N2O3/c1-3-28-10-16(26)25-18-13-5-4-12(9-13)17(18)19(27)24-15-7-6-14(8-11(15)2)20(21,22)23/h6-8,12-13,17-18H,3-5,9-10H2,1-2H3,(H,24,27)(H,25,26)/t12-,13+,17-,18-/m0/s1. The molecule has 154 valence electrons. The molecule has 0 unspecified atom stereocenters. The van der Waals surface area contributed by atoms with Gasteiger partial charge in [-0.25, -0.2) is 0 Å². The molecule has 4 atom stereocenters. The lowest BCUT2D eigenvalue weighted by Crippen LogP contribution is -2.49. The van der Waals surface area contributed by atoms with Crippen LogP contribution in [-0.2, 0) is 20.5 Å². The molecule has 0 aromatic heterocycles. The van der Waals surface area contributed by atoms with Crippen molar-refractivity contribution in [1.82, 2.24) is 5.32 Å². The van der Waals surface area contributed by atoms with Crippen molar-refractivity contribution in [2.75, 3.05) is 18.5 Å². The Bertz CT molecular complexity index is 751. The van der Waals surface area contributed by atoms with E-state index in [9.17, 15) is 22.8 Å². The number of fused-ring (bicyclic) bond motifs is 2. The van der Waals surface area contributed by atoms with Crippen molar-refractivity contribution < 1.29 is 27.5 Å².